The average Bonchev–Trinajstić information content (AvgIpc) is 3.03. The molecule has 0 radical (unpaired) electrons. The van der Waals surface area contributed by atoms with Gasteiger partial charge in [-0.25, -0.2) is 0 Å². The highest BCUT2D eigenvalue weighted by molar-refractivity contribution is 7.99. The zero-order valence-corrected chi connectivity index (χ0v) is 13.1. The van der Waals surface area contributed by atoms with Gasteiger partial charge in [-0.05, 0) is 37.1 Å². The van der Waals surface area contributed by atoms with Crippen LogP contribution in [0.2, 0.25) is 0 Å². The molecule has 23 heavy (non-hydrogen) atoms. The van der Waals surface area contributed by atoms with E-state index in [1.165, 1.54) is 24.3 Å². The Balaban J connectivity index is 1.99. The molecule has 0 saturated heterocycles. The maximum absolute atomic E-state index is 12.2. The van der Waals surface area contributed by atoms with Gasteiger partial charge < -0.3 is 5.32 Å². The number of ketones is 1. The number of rotatable bonds is 6. The second-order valence-electron chi connectivity index (χ2n) is 5.34. The zero-order valence-electron chi connectivity index (χ0n) is 12.3. The highest BCUT2D eigenvalue weighted by Gasteiger charge is 2.33. The van der Waals surface area contributed by atoms with E-state index < -0.39 is 17.6 Å². The minimum atomic E-state index is -2.51. The molecule has 1 aliphatic carbocycles. The Bertz CT molecular complexity index is 608. The fraction of sp³-hybridized carbons (Fsp3) is 0.438. The molecular weight excluding hydrogens is 322 g/mol. The van der Waals surface area contributed by atoms with Gasteiger partial charge in [-0.1, -0.05) is 24.6 Å². The summed E-state index contributed by atoms with van der Waals surface area (Å²) in [7, 11) is 0. The fourth-order valence-electron chi connectivity index (χ4n) is 2.63. The summed E-state index contributed by atoms with van der Waals surface area (Å²) in [6, 6.07) is 7.61. The van der Waals surface area contributed by atoms with E-state index in [1.54, 1.807) is 6.07 Å². The third kappa shape index (κ3) is 4.76. The lowest BCUT2D eigenvalue weighted by Crippen LogP contribution is -2.32. The summed E-state index contributed by atoms with van der Waals surface area (Å²) in [6.45, 7) is 0. The number of halogens is 2. The number of anilines is 1. The lowest BCUT2D eigenvalue weighted by Gasteiger charge is -2.13. The Labute approximate surface area is 137 Å². The summed E-state index contributed by atoms with van der Waals surface area (Å²) in [5.74, 6) is -5.04. The summed E-state index contributed by atoms with van der Waals surface area (Å²) < 4.78 is 24.5. The van der Waals surface area contributed by atoms with Crippen LogP contribution in [-0.4, -0.2) is 17.4 Å². The molecule has 0 bridgehead atoms. The van der Waals surface area contributed by atoms with Crippen molar-refractivity contribution in [1.82, 2.24) is 0 Å². The van der Waals surface area contributed by atoms with Crippen LogP contribution in [0, 0.1) is 23.2 Å². The van der Waals surface area contributed by atoms with Crippen molar-refractivity contribution in [1.29, 1.82) is 5.26 Å². The Hall–Kier alpha value is -1.94. The van der Waals surface area contributed by atoms with E-state index in [1.807, 2.05) is 0 Å². The van der Waals surface area contributed by atoms with Crippen molar-refractivity contribution in [2.75, 3.05) is 5.32 Å². The number of benzene rings is 1. The number of hydrogen-bond acceptors (Lipinski definition) is 4. The first-order valence-electron chi connectivity index (χ1n) is 7.30. The van der Waals surface area contributed by atoms with E-state index in [0.717, 1.165) is 25.7 Å². The number of nitrogens with one attached hydrogen (secondary N) is 1. The van der Waals surface area contributed by atoms with Crippen LogP contribution in [0.3, 0.4) is 0 Å². The highest BCUT2D eigenvalue weighted by atomic mass is 32.2. The van der Waals surface area contributed by atoms with E-state index in [0.29, 0.717) is 22.3 Å². The van der Waals surface area contributed by atoms with Crippen molar-refractivity contribution in [3.8, 4) is 6.07 Å². The van der Waals surface area contributed by atoms with Gasteiger partial charge in [-0.15, -0.1) is 0 Å². The minimum absolute atomic E-state index is 0.213. The third-order valence-corrected chi connectivity index (χ3v) is 4.50. The van der Waals surface area contributed by atoms with Crippen molar-refractivity contribution in [2.24, 2.45) is 11.8 Å². The van der Waals surface area contributed by atoms with Crippen LogP contribution in [0.5, 0.6) is 0 Å². The van der Waals surface area contributed by atoms with Crippen LogP contribution in [0.4, 0.5) is 14.5 Å². The molecule has 7 heteroatoms. The molecular formula is C16H16F2N2O2S. The first kappa shape index (κ1) is 17.4. The number of amides is 1. The van der Waals surface area contributed by atoms with Crippen molar-refractivity contribution < 1.29 is 18.4 Å². The smallest absolute Gasteiger partial charge is 0.288 e. The number of alkyl halides is 2. The molecule has 1 atom stereocenters. The Morgan fingerprint density at radius 2 is 1.83 bits per heavy atom. The van der Waals surface area contributed by atoms with Crippen LogP contribution in [0.15, 0.2) is 29.2 Å². The van der Waals surface area contributed by atoms with E-state index in [2.05, 4.69) is 5.32 Å². The summed E-state index contributed by atoms with van der Waals surface area (Å²) in [5.41, 5.74) is 0.369. The van der Waals surface area contributed by atoms with Gasteiger partial charge >= 0.3 is 0 Å². The van der Waals surface area contributed by atoms with Gasteiger partial charge in [0.15, 0.2) is 11.7 Å². The Kier molecular flexibility index (Phi) is 6.11. The van der Waals surface area contributed by atoms with Gasteiger partial charge in [0.2, 0.25) is 5.91 Å². The largest absolute Gasteiger partial charge is 0.325 e. The molecule has 0 heterocycles. The second-order valence-corrected chi connectivity index (χ2v) is 6.40. The first-order chi connectivity index (χ1) is 11.0. The number of hydrogen-bond donors (Lipinski definition) is 1. The monoisotopic (exact) mass is 338 g/mol. The highest BCUT2D eigenvalue weighted by Crippen LogP contribution is 2.29. The van der Waals surface area contributed by atoms with E-state index >= 15 is 0 Å². The lowest BCUT2D eigenvalue weighted by molar-refractivity contribution is -0.131. The summed E-state index contributed by atoms with van der Waals surface area (Å²) in [4.78, 5) is 24.7. The standard InChI is InChI=1S/C16H16F2N2O2S/c17-16(18)23-12-7-5-11(6-8-12)20-15(22)13(9-19)14(21)10-3-1-2-4-10/h5-8,10,13,16H,1-4H2,(H,20,22)/t13-/m1/s1. The summed E-state index contributed by atoms with van der Waals surface area (Å²) in [6.07, 6.45) is 3.34. The molecule has 0 aromatic heterocycles. The van der Waals surface area contributed by atoms with Gasteiger partial charge in [0.1, 0.15) is 0 Å². The molecule has 0 spiro atoms. The normalized spacial score (nSPS) is 16.1. The lowest BCUT2D eigenvalue weighted by atomic mass is 9.92. The average molecular weight is 338 g/mol. The van der Waals surface area contributed by atoms with Crippen LogP contribution in [-0.2, 0) is 9.59 Å². The molecule has 122 valence electrons. The number of nitrogens with zero attached hydrogens (tertiary/aromatic N) is 1. The molecule has 1 saturated carbocycles. The van der Waals surface area contributed by atoms with Crippen LogP contribution >= 0.6 is 11.8 Å². The first-order valence-corrected chi connectivity index (χ1v) is 8.18. The number of carbonyl (C=O) groups excluding carboxylic acids is 2. The van der Waals surface area contributed by atoms with E-state index in [9.17, 15) is 18.4 Å². The number of carbonyl (C=O) groups is 2. The van der Waals surface area contributed by atoms with Crippen LogP contribution in [0.1, 0.15) is 25.7 Å². The molecule has 2 rings (SSSR count). The fourth-order valence-corrected chi connectivity index (χ4v) is 3.13. The Morgan fingerprint density at radius 1 is 1.22 bits per heavy atom. The number of Topliss-reactive ketones (excluding diaryl/α,β-unsaturated/α-hetero) is 1. The van der Waals surface area contributed by atoms with Gasteiger partial charge in [0.25, 0.3) is 5.76 Å². The van der Waals surface area contributed by atoms with Gasteiger partial charge in [-0.3, -0.25) is 9.59 Å². The van der Waals surface area contributed by atoms with E-state index in [-0.39, 0.29) is 11.7 Å². The second kappa shape index (κ2) is 8.06. The molecule has 1 amide bonds. The maximum Gasteiger partial charge on any atom is 0.288 e. The molecule has 1 aromatic rings. The molecule has 1 aliphatic rings. The van der Waals surface area contributed by atoms with Gasteiger partial charge in [-0.2, -0.15) is 14.0 Å². The predicted molar refractivity (Wildman–Crippen MR) is 83.0 cm³/mol. The van der Waals surface area contributed by atoms with E-state index in [4.69, 9.17) is 5.26 Å². The summed E-state index contributed by atoms with van der Waals surface area (Å²) >= 11 is 0.406. The van der Waals surface area contributed by atoms with Gasteiger partial charge in [0, 0.05) is 16.5 Å². The molecule has 0 aliphatic heterocycles. The van der Waals surface area contributed by atoms with Gasteiger partial charge in [0.05, 0.1) is 6.07 Å². The van der Waals surface area contributed by atoms with Crippen molar-refractivity contribution in [3.63, 3.8) is 0 Å². The molecule has 1 N–H and O–H groups in total. The topological polar surface area (TPSA) is 70.0 Å². The van der Waals surface area contributed by atoms with Crippen molar-refractivity contribution in [2.45, 2.75) is 36.3 Å². The Morgan fingerprint density at radius 3 is 2.35 bits per heavy atom. The SMILES string of the molecule is N#C[C@@H](C(=O)Nc1ccc(SC(F)F)cc1)C(=O)C1CCCC1. The summed E-state index contributed by atoms with van der Waals surface area (Å²) in [5, 5.41) is 11.6. The predicted octanol–water partition coefficient (Wildman–Crippen LogP) is 3.84. The van der Waals surface area contributed by atoms with Crippen molar-refractivity contribution in [3.05, 3.63) is 24.3 Å². The molecule has 0 unspecified atom stereocenters. The molecule has 1 aromatic carbocycles. The number of nitriles is 1. The quantitative estimate of drug-likeness (QED) is 0.632. The van der Waals surface area contributed by atoms with Crippen LogP contribution < -0.4 is 5.32 Å². The maximum atomic E-state index is 12.2. The molecule has 4 nitrogen and oxygen atoms in total. The minimum Gasteiger partial charge on any atom is -0.325 e. The van der Waals surface area contributed by atoms with Crippen LogP contribution in [0.25, 0.3) is 0 Å². The zero-order chi connectivity index (χ0) is 16.8. The van der Waals surface area contributed by atoms with Crippen molar-refractivity contribution >= 4 is 29.1 Å². The molecule has 1 fully saturated rings. The number of thioether (sulfide) groups is 1. The third-order valence-electron chi connectivity index (χ3n) is 3.78.